The lowest BCUT2D eigenvalue weighted by Crippen LogP contribution is -2.38. The van der Waals surface area contributed by atoms with Crippen molar-refractivity contribution in [2.45, 2.75) is 188 Å². The van der Waals surface area contributed by atoms with Gasteiger partial charge in [0.05, 0.1) is 18.3 Å². The quantitative estimate of drug-likeness (QED) is 0.0167. The van der Waals surface area contributed by atoms with Crippen LogP contribution in [0.25, 0.3) is 0 Å². The highest BCUT2D eigenvalue weighted by atomic mass is 35.5. The van der Waals surface area contributed by atoms with Crippen LogP contribution in [0.3, 0.4) is 0 Å². The number of nitrogens with one attached hydrogen (secondary N) is 6. The first-order valence-electron chi connectivity index (χ1n) is 42.5. The van der Waals surface area contributed by atoms with Gasteiger partial charge < -0.3 is 45.5 Å². The van der Waals surface area contributed by atoms with E-state index in [2.05, 4.69) is 283 Å². The Kier molecular flexibility index (Phi) is 51.6. The normalized spacial score (nSPS) is 17.4. The minimum absolute atomic E-state index is 0.00937. The van der Waals surface area contributed by atoms with Gasteiger partial charge in [-0.2, -0.15) is 0 Å². The largest absolute Gasteiger partial charge is 0.351 e. The van der Waals surface area contributed by atoms with Crippen molar-refractivity contribution >= 4 is 122 Å². The van der Waals surface area contributed by atoms with Crippen LogP contribution in [-0.4, -0.2) is 115 Å². The van der Waals surface area contributed by atoms with E-state index >= 15 is 0 Å². The second-order valence-corrected chi connectivity index (χ2v) is 36.2. The first-order chi connectivity index (χ1) is 57.4. The van der Waals surface area contributed by atoms with Gasteiger partial charge in [-0.05, 0) is 242 Å². The van der Waals surface area contributed by atoms with Crippen molar-refractivity contribution in [2.24, 2.45) is 0 Å². The summed E-state index contributed by atoms with van der Waals surface area (Å²) in [5, 5.41) is 21.3. The van der Waals surface area contributed by atoms with Crippen molar-refractivity contribution in [1.29, 1.82) is 0 Å². The maximum atomic E-state index is 6.51. The lowest BCUT2D eigenvalue weighted by atomic mass is 9.80. The van der Waals surface area contributed by atoms with Crippen molar-refractivity contribution in [2.75, 3.05) is 105 Å². The minimum atomic E-state index is -0.0114. The predicted molar refractivity (Wildman–Crippen MR) is 524 cm³/mol. The summed E-state index contributed by atoms with van der Waals surface area (Å²) in [7, 11) is 9.27. The van der Waals surface area contributed by atoms with Gasteiger partial charge in [0.2, 0.25) is 0 Å². The third kappa shape index (κ3) is 37.4. The summed E-state index contributed by atoms with van der Waals surface area (Å²) in [6, 6.07) is 71.2. The van der Waals surface area contributed by atoms with Crippen LogP contribution in [0.15, 0.2) is 194 Å². The molecule has 0 saturated carbocycles. The van der Waals surface area contributed by atoms with Crippen molar-refractivity contribution < 1.29 is 13.6 Å². The van der Waals surface area contributed by atoms with Crippen LogP contribution in [0.4, 0.5) is 0 Å². The molecule has 11 nitrogen and oxygen atoms in total. The van der Waals surface area contributed by atoms with E-state index in [9.17, 15) is 0 Å². The van der Waals surface area contributed by atoms with Gasteiger partial charge in [0.15, 0.2) is 0 Å². The molecule has 0 amide bonds. The zero-order valence-electron chi connectivity index (χ0n) is 69.5. The summed E-state index contributed by atoms with van der Waals surface area (Å²) < 4.78 is 18.9. The molecule has 640 valence electrons. The molecule has 2 saturated heterocycles. The highest BCUT2D eigenvalue weighted by molar-refractivity contribution is 8.00. The van der Waals surface area contributed by atoms with Crippen LogP contribution in [0.1, 0.15) is 228 Å². The van der Waals surface area contributed by atoms with Crippen LogP contribution < -0.4 is 31.9 Å². The van der Waals surface area contributed by atoms with E-state index in [1.807, 2.05) is 0 Å². The Morgan fingerprint density at radius 3 is 0.795 bits per heavy atom. The molecule has 6 N–H and O–H groups in total. The molecule has 8 aromatic carbocycles. The Morgan fingerprint density at radius 1 is 0.282 bits per heavy atom. The molecular weight excluding hydrogens is 1690 g/mol. The van der Waals surface area contributed by atoms with E-state index in [-0.39, 0.29) is 18.3 Å². The van der Waals surface area contributed by atoms with E-state index in [1.54, 1.807) is 0 Å². The second kappa shape index (κ2) is 60.3. The van der Waals surface area contributed by atoms with E-state index in [4.69, 9.17) is 83.2 Å². The lowest BCUT2D eigenvalue weighted by molar-refractivity contribution is 0.211. The van der Waals surface area contributed by atoms with Gasteiger partial charge in [0, 0.05) is 126 Å². The molecule has 0 bridgehead atoms. The number of hydrogen-bond acceptors (Lipinski definition) is 11. The number of halogens is 6. The van der Waals surface area contributed by atoms with Gasteiger partial charge in [0.25, 0.3) is 0 Å². The molecule has 2 aliphatic heterocycles. The van der Waals surface area contributed by atoms with Crippen LogP contribution in [-0.2, 0) is 61.9 Å². The van der Waals surface area contributed by atoms with Crippen molar-refractivity contribution in [3.63, 3.8) is 0 Å². The molecule has 2 fully saturated rings. The summed E-state index contributed by atoms with van der Waals surface area (Å²) >= 11 is 36.5. The third-order valence-electron chi connectivity index (χ3n) is 22.7. The number of hydrogen-bond donors (Lipinski definition) is 6. The molecular formula is C94H134Cl6N8O3P6. The van der Waals surface area contributed by atoms with Crippen molar-refractivity contribution in [3.8, 4) is 0 Å². The van der Waals surface area contributed by atoms with Gasteiger partial charge in [0.1, 0.15) is 0 Å². The van der Waals surface area contributed by atoms with Crippen molar-refractivity contribution in [1.82, 2.24) is 41.7 Å². The molecule has 0 aromatic heterocycles. The topological polar surface area (TPSA) is 106 Å². The molecule has 23 heteroatoms. The highest BCUT2D eigenvalue weighted by Gasteiger charge is 2.28. The van der Waals surface area contributed by atoms with E-state index < -0.39 is 0 Å². The zero-order valence-corrected chi connectivity index (χ0v) is 80.5. The van der Waals surface area contributed by atoms with Crippen LogP contribution in [0.2, 0.25) is 0 Å². The molecule has 117 heavy (non-hydrogen) atoms. The van der Waals surface area contributed by atoms with E-state index in [1.165, 1.54) is 68.5 Å². The summed E-state index contributed by atoms with van der Waals surface area (Å²) in [4.78, 5) is 5.27. The smallest absolute Gasteiger partial charge is 0.0874 e. The lowest BCUT2D eigenvalue weighted by Gasteiger charge is -2.28. The Labute approximate surface area is 746 Å². The maximum absolute atomic E-state index is 6.51. The van der Waals surface area contributed by atoms with E-state index in [0.29, 0.717) is 90.4 Å². The zero-order chi connectivity index (χ0) is 82.9. The third-order valence-corrected chi connectivity index (χ3v) is 27.0. The monoisotopic (exact) mass is 1820 g/mol. The van der Waals surface area contributed by atoms with E-state index in [0.717, 1.165) is 209 Å². The average Bonchev–Trinajstić information content (AvgIpc) is 0.829. The summed E-state index contributed by atoms with van der Waals surface area (Å²) in [5.41, 5.74) is 20.0. The number of alkyl halides is 6. The number of benzene rings is 8. The van der Waals surface area contributed by atoms with Crippen LogP contribution in [0, 0.1) is 0 Å². The molecule has 0 radical (unpaired) electrons. The molecule has 0 aliphatic carbocycles. The summed E-state index contributed by atoms with van der Waals surface area (Å²) in [5.74, 6) is 5.06. The molecule has 2 heterocycles. The first kappa shape index (κ1) is 100. The fourth-order valence-electron chi connectivity index (χ4n) is 15.6. The number of nitrogens with zero attached hydrogens (tertiary/aromatic N) is 2. The van der Waals surface area contributed by atoms with Gasteiger partial charge in [-0.1, -0.05) is 242 Å². The predicted octanol–water partition coefficient (Wildman–Crippen LogP) is 24.3. The highest BCUT2D eigenvalue weighted by Crippen LogP contribution is 2.46. The average molecular weight is 1820 g/mol. The standard InChI is InChI=1S/C66H88Cl4N4O2P4.C18H22Cl2OP2.C10H24N4/c1-3-55(57-19-7-49(43-67)8-20-57)39-64(42-66(76-80-78)62-29-13-52(46-70)14-30-62)60-25-17-54(18-26-60)48-74-36-6-32-71-33-37-73(35-5-31-72-34-38-74)47-53-15-23-58(24-16-53)56(4-2)40-63(59-21-9-50(44-68)10-22-59)41-65(75-79-77)61-27-11-51(45-69)12-28-61;1-13(16-6-2-14(11-19)3-7-16)10-18(21-23-22)17-8-4-15(12-20)5-9-17;1-3-11-7-9-13-5-2-6-14-10-8-12-4-1/h7-30,55-56,63-66,71-72,79-80H,3-6,31-48,77-78H2,1-2H3;2-9,13,18,23H,10-12,22H2,1H3;11-14H,1-10H2. The minimum Gasteiger partial charge on any atom is -0.351 e. The molecule has 14 atom stereocenters. The van der Waals surface area contributed by atoms with Gasteiger partial charge in [-0.25, -0.2) is 0 Å². The molecule has 10 rings (SSSR count). The first-order valence-corrected chi connectivity index (χ1v) is 53.9. The van der Waals surface area contributed by atoms with Crippen molar-refractivity contribution in [3.05, 3.63) is 283 Å². The SMILES string of the molecule is C1CNCCNCCCNCCNC1.CC(CC(OPP)c1ccc(CCl)cc1)c1ccc(CCl)cc1.CCC(CC(CC(OPP)c1ccc(CCl)cc1)c1ccc(CCl)cc1)c1ccc(CN2CCCNCCN(Cc3ccc(C(CC(CC)c4ccc(CCl)cc4)CC(OPP)c4ccc(CCl)cc4)cc3)CCCNCC2)cc1. The van der Waals surface area contributed by atoms with Gasteiger partial charge in [-0.3, -0.25) is 9.80 Å². The van der Waals surface area contributed by atoms with Gasteiger partial charge in [-0.15, -0.1) is 69.6 Å². The summed E-state index contributed by atoms with van der Waals surface area (Å²) in [6.45, 7) is 25.8. The Bertz CT molecular complexity index is 3790. The number of rotatable bonds is 36. The molecule has 14 unspecified atom stereocenters. The Hall–Kier alpha value is -2.36. The fraction of sp³-hybridized carbons (Fsp3) is 0.489. The molecule has 8 aromatic rings. The maximum Gasteiger partial charge on any atom is 0.0874 e. The molecule has 0 spiro atoms. The Balaban J connectivity index is 0.000000374. The molecule has 2 aliphatic rings. The van der Waals surface area contributed by atoms with Gasteiger partial charge >= 0.3 is 0 Å². The van der Waals surface area contributed by atoms with Crippen LogP contribution >= 0.6 is 122 Å². The summed E-state index contributed by atoms with van der Waals surface area (Å²) in [6.07, 6.45) is 11.7. The Morgan fingerprint density at radius 2 is 0.521 bits per heavy atom. The second-order valence-electron chi connectivity index (χ2n) is 31.1. The van der Waals surface area contributed by atoms with Crippen LogP contribution in [0.5, 0.6) is 0 Å². The fourth-order valence-corrected chi connectivity index (χ4v) is 19.3.